The molecule has 2 aliphatic carbocycles. The van der Waals surface area contributed by atoms with Crippen molar-refractivity contribution in [2.75, 3.05) is 13.2 Å². The molecule has 5 rings (SSSR count). The Labute approximate surface area is 261 Å². The van der Waals surface area contributed by atoms with Crippen LogP contribution in [0.1, 0.15) is 124 Å². The molecule has 0 N–H and O–H groups in total. The first-order valence-electron chi connectivity index (χ1n) is 17.4. The molecular weight excluding hydrogens is 524 g/mol. The molecule has 2 aliphatic rings. The van der Waals surface area contributed by atoms with Gasteiger partial charge in [0.2, 0.25) is 0 Å². The molecule has 1 unspecified atom stereocenters. The van der Waals surface area contributed by atoms with Crippen LogP contribution in [0.3, 0.4) is 0 Å². The second-order valence-electron chi connectivity index (χ2n) is 13.1. The zero-order chi connectivity index (χ0) is 30.0. The normalized spacial score (nSPS) is 14.8. The van der Waals surface area contributed by atoms with Gasteiger partial charge in [-0.3, -0.25) is 0 Å². The van der Waals surface area contributed by atoms with E-state index in [2.05, 4.69) is 82.3 Å². The van der Waals surface area contributed by atoms with Crippen molar-refractivity contribution in [1.29, 1.82) is 0 Å². The van der Waals surface area contributed by atoms with E-state index in [1.165, 1.54) is 114 Å². The largest absolute Gasteiger partial charge is 0.493 e. The molecule has 0 spiro atoms. The highest BCUT2D eigenvalue weighted by atomic mass is 16.5. The number of hydrogen-bond acceptors (Lipinski definition) is 2. The van der Waals surface area contributed by atoms with Gasteiger partial charge in [0.15, 0.2) is 0 Å². The van der Waals surface area contributed by atoms with Crippen LogP contribution in [0, 0.1) is 19.8 Å². The third kappa shape index (κ3) is 8.14. The van der Waals surface area contributed by atoms with Crippen molar-refractivity contribution >= 4 is 5.57 Å². The number of allylic oxidation sites excluding steroid dienone is 1. The summed E-state index contributed by atoms with van der Waals surface area (Å²) in [6.45, 7) is 10.6. The zero-order valence-electron chi connectivity index (χ0n) is 27.4. The first kappa shape index (κ1) is 31.4. The Morgan fingerprint density at radius 1 is 0.628 bits per heavy atom. The Kier molecular flexibility index (Phi) is 11.4. The average Bonchev–Trinajstić information content (AvgIpc) is 3.31. The highest BCUT2D eigenvalue weighted by Crippen LogP contribution is 2.50. The van der Waals surface area contributed by atoms with E-state index in [0.717, 1.165) is 50.4 Å². The molecule has 3 aromatic rings. The minimum atomic E-state index is 0.447. The Morgan fingerprint density at radius 2 is 1.23 bits per heavy atom. The SMILES string of the molecule is CCCCCCCCOc1cc(CC2C=C3c4cc(C)ccc4-c4ccc(C)c(c43)C2)cc(OCCCCCCCC)c1. The van der Waals surface area contributed by atoms with E-state index in [9.17, 15) is 0 Å². The highest BCUT2D eigenvalue weighted by molar-refractivity contribution is 6.03. The summed E-state index contributed by atoms with van der Waals surface area (Å²) < 4.78 is 12.7. The molecule has 2 heteroatoms. The van der Waals surface area contributed by atoms with Gasteiger partial charge in [0.1, 0.15) is 11.5 Å². The summed E-state index contributed by atoms with van der Waals surface area (Å²) in [5.74, 6) is 2.38. The number of benzene rings is 3. The standard InChI is InChI=1S/C41H54O2/c1-5-7-9-11-13-15-21-42-34-25-32(26-35(29-34)43-22-16-14-12-10-8-6-2)24-33-27-38-31(4)18-20-37-36-19-17-30(3)23-39(36)40(28-33)41(37)38/h17-20,23,25-26,28-29,33H,5-16,21-22,24,27H2,1-4H3. The van der Waals surface area contributed by atoms with Gasteiger partial charge in [-0.1, -0.05) is 120 Å². The lowest BCUT2D eigenvalue weighted by Gasteiger charge is -2.25. The monoisotopic (exact) mass is 578 g/mol. The van der Waals surface area contributed by atoms with Crippen molar-refractivity contribution in [2.24, 2.45) is 5.92 Å². The molecular formula is C41H54O2. The van der Waals surface area contributed by atoms with E-state index in [-0.39, 0.29) is 0 Å². The second-order valence-corrected chi connectivity index (χ2v) is 13.1. The van der Waals surface area contributed by atoms with E-state index >= 15 is 0 Å². The van der Waals surface area contributed by atoms with Crippen molar-refractivity contribution in [3.05, 3.63) is 88.0 Å². The van der Waals surface area contributed by atoms with Crippen LogP contribution in [0.25, 0.3) is 16.7 Å². The van der Waals surface area contributed by atoms with Gasteiger partial charge in [0.05, 0.1) is 13.2 Å². The third-order valence-corrected chi connectivity index (χ3v) is 9.41. The first-order valence-corrected chi connectivity index (χ1v) is 17.4. The maximum absolute atomic E-state index is 6.35. The smallest absolute Gasteiger partial charge is 0.123 e. The fraction of sp³-hybridized carbons (Fsp3) is 0.512. The van der Waals surface area contributed by atoms with Crippen LogP contribution in [-0.2, 0) is 12.8 Å². The van der Waals surface area contributed by atoms with Crippen molar-refractivity contribution in [2.45, 2.75) is 118 Å². The second kappa shape index (κ2) is 15.6. The van der Waals surface area contributed by atoms with E-state index < -0.39 is 0 Å². The predicted molar refractivity (Wildman–Crippen MR) is 184 cm³/mol. The summed E-state index contributed by atoms with van der Waals surface area (Å²) in [6, 6.07) is 18.3. The number of fused-ring (bicyclic) bond motifs is 3. The Hall–Kier alpha value is -3.00. The van der Waals surface area contributed by atoms with E-state index in [0.29, 0.717) is 5.92 Å². The van der Waals surface area contributed by atoms with Crippen LogP contribution in [0.15, 0.2) is 54.6 Å². The van der Waals surface area contributed by atoms with Gasteiger partial charge in [0.25, 0.3) is 0 Å². The number of hydrogen-bond donors (Lipinski definition) is 0. The van der Waals surface area contributed by atoms with Crippen molar-refractivity contribution in [3.8, 4) is 22.6 Å². The molecule has 2 nitrogen and oxygen atoms in total. The van der Waals surface area contributed by atoms with Crippen LogP contribution in [-0.4, -0.2) is 13.2 Å². The Balaban J connectivity index is 1.30. The summed E-state index contributed by atoms with van der Waals surface area (Å²) in [5, 5.41) is 0. The number of unbranched alkanes of at least 4 members (excludes halogenated alkanes) is 10. The highest BCUT2D eigenvalue weighted by Gasteiger charge is 2.31. The maximum Gasteiger partial charge on any atom is 0.123 e. The van der Waals surface area contributed by atoms with Crippen molar-refractivity contribution in [3.63, 3.8) is 0 Å². The van der Waals surface area contributed by atoms with Crippen LogP contribution >= 0.6 is 0 Å². The lowest BCUT2D eigenvalue weighted by Crippen LogP contribution is -2.14. The molecule has 43 heavy (non-hydrogen) atoms. The van der Waals surface area contributed by atoms with Crippen molar-refractivity contribution in [1.82, 2.24) is 0 Å². The quantitative estimate of drug-likeness (QED) is 0.109. The van der Waals surface area contributed by atoms with Gasteiger partial charge in [0, 0.05) is 6.07 Å². The maximum atomic E-state index is 6.35. The topological polar surface area (TPSA) is 18.5 Å². The fourth-order valence-corrected chi connectivity index (χ4v) is 7.02. The van der Waals surface area contributed by atoms with Gasteiger partial charge < -0.3 is 9.47 Å². The van der Waals surface area contributed by atoms with E-state index in [4.69, 9.17) is 9.47 Å². The van der Waals surface area contributed by atoms with Gasteiger partial charge in [-0.25, -0.2) is 0 Å². The van der Waals surface area contributed by atoms with E-state index in [1.54, 1.807) is 0 Å². The molecule has 0 saturated heterocycles. The molecule has 0 bridgehead atoms. The zero-order valence-corrected chi connectivity index (χ0v) is 27.4. The summed E-state index contributed by atoms with van der Waals surface area (Å²) in [7, 11) is 0. The number of ether oxygens (including phenoxy) is 2. The lowest BCUT2D eigenvalue weighted by molar-refractivity contribution is 0.289. The number of aryl methyl sites for hydroxylation is 2. The number of rotatable bonds is 18. The lowest BCUT2D eigenvalue weighted by atomic mass is 9.79. The summed E-state index contributed by atoms with van der Waals surface area (Å²) >= 11 is 0. The van der Waals surface area contributed by atoms with Crippen molar-refractivity contribution < 1.29 is 9.47 Å². The molecule has 0 saturated carbocycles. The summed E-state index contributed by atoms with van der Waals surface area (Å²) in [4.78, 5) is 0. The van der Waals surface area contributed by atoms with Crippen LogP contribution in [0.2, 0.25) is 0 Å². The van der Waals surface area contributed by atoms with Crippen LogP contribution < -0.4 is 9.47 Å². The van der Waals surface area contributed by atoms with Gasteiger partial charge in [-0.05, 0) is 102 Å². The molecule has 0 amide bonds. The van der Waals surface area contributed by atoms with Gasteiger partial charge in [-0.15, -0.1) is 0 Å². The third-order valence-electron chi connectivity index (χ3n) is 9.41. The van der Waals surface area contributed by atoms with Crippen LogP contribution in [0.4, 0.5) is 0 Å². The molecule has 0 aromatic heterocycles. The Bertz CT molecular complexity index is 1340. The predicted octanol–water partition coefficient (Wildman–Crippen LogP) is 11.6. The molecule has 1 atom stereocenters. The minimum Gasteiger partial charge on any atom is -0.493 e. The van der Waals surface area contributed by atoms with E-state index in [1.807, 2.05) is 0 Å². The Morgan fingerprint density at radius 3 is 1.88 bits per heavy atom. The molecule has 3 aromatic carbocycles. The molecule has 0 radical (unpaired) electrons. The minimum absolute atomic E-state index is 0.447. The van der Waals surface area contributed by atoms with Crippen LogP contribution in [0.5, 0.6) is 11.5 Å². The molecule has 0 fully saturated rings. The molecule has 230 valence electrons. The molecule has 0 heterocycles. The van der Waals surface area contributed by atoms with Gasteiger partial charge >= 0.3 is 0 Å². The molecule has 0 aliphatic heterocycles. The first-order chi connectivity index (χ1) is 21.1. The van der Waals surface area contributed by atoms with Gasteiger partial charge in [-0.2, -0.15) is 0 Å². The summed E-state index contributed by atoms with van der Waals surface area (Å²) in [6.07, 6.45) is 20.0. The average molecular weight is 579 g/mol. The fourth-order valence-electron chi connectivity index (χ4n) is 7.02. The summed E-state index contributed by atoms with van der Waals surface area (Å²) in [5.41, 5.74) is 12.7.